The second kappa shape index (κ2) is 12.3. The van der Waals surface area contributed by atoms with E-state index in [-0.39, 0.29) is 17.6 Å². The quantitative estimate of drug-likeness (QED) is 0.231. The summed E-state index contributed by atoms with van der Waals surface area (Å²) in [5, 5.41) is 0. The van der Waals surface area contributed by atoms with Gasteiger partial charge >= 0.3 is 5.97 Å². The van der Waals surface area contributed by atoms with Gasteiger partial charge < -0.3 is 9.64 Å². The SMILES string of the molecule is CCOC(=O)C1(c2ccccc2Sc2ccccc2)CCN(CCCC(=O)c2ccc(F)cc2)CC1. The van der Waals surface area contributed by atoms with Crippen LogP contribution in [0.3, 0.4) is 0 Å². The van der Waals surface area contributed by atoms with Crippen LogP contribution >= 0.6 is 11.8 Å². The Hall–Kier alpha value is -2.96. The van der Waals surface area contributed by atoms with Crippen LogP contribution in [0, 0.1) is 5.82 Å². The van der Waals surface area contributed by atoms with E-state index in [2.05, 4.69) is 29.2 Å². The highest BCUT2D eigenvalue weighted by Gasteiger charge is 2.45. The molecular weight excluding hydrogens is 473 g/mol. The van der Waals surface area contributed by atoms with Gasteiger partial charge in [-0.05, 0) is 93.8 Å². The van der Waals surface area contributed by atoms with Gasteiger partial charge in [0.2, 0.25) is 0 Å². The van der Waals surface area contributed by atoms with Gasteiger partial charge in [0.15, 0.2) is 5.78 Å². The molecule has 0 aromatic heterocycles. The molecule has 1 aliphatic heterocycles. The van der Waals surface area contributed by atoms with Gasteiger partial charge in [-0.1, -0.05) is 48.2 Å². The predicted octanol–water partition coefficient (Wildman–Crippen LogP) is 6.54. The summed E-state index contributed by atoms with van der Waals surface area (Å²) in [6, 6.07) is 24.1. The number of likely N-dealkylation sites (tertiary alicyclic amines) is 1. The van der Waals surface area contributed by atoms with Gasteiger partial charge in [0.05, 0.1) is 12.0 Å². The molecule has 0 bridgehead atoms. The molecule has 36 heavy (non-hydrogen) atoms. The van der Waals surface area contributed by atoms with Crippen LogP contribution in [-0.4, -0.2) is 42.9 Å². The molecule has 1 saturated heterocycles. The van der Waals surface area contributed by atoms with Gasteiger partial charge in [-0.3, -0.25) is 9.59 Å². The second-order valence-electron chi connectivity index (χ2n) is 9.09. The van der Waals surface area contributed by atoms with Crippen molar-refractivity contribution in [1.82, 2.24) is 4.90 Å². The van der Waals surface area contributed by atoms with Gasteiger partial charge in [-0.2, -0.15) is 0 Å². The van der Waals surface area contributed by atoms with Crippen molar-refractivity contribution in [2.24, 2.45) is 0 Å². The standard InChI is InChI=1S/C30H32FNO3S/c1-2-35-29(34)30(26-11-6-7-13-28(26)36-25-9-4-3-5-10-25)18-21-32(22-19-30)20-8-12-27(33)23-14-16-24(31)17-15-23/h3-7,9-11,13-17H,2,8,12,18-22H2,1H3. The van der Waals surface area contributed by atoms with Gasteiger partial charge in [0, 0.05) is 21.8 Å². The lowest BCUT2D eigenvalue weighted by Crippen LogP contribution is -2.48. The molecule has 6 heteroatoms. The van der Waals surface area contributed by atoms with Crippen molar-refractivity contribution in [3.8, 4) is 0 Å². The van der Waals surface area contributed by atoms with Crippen LogP contribution in [0.25, 0.3) is 0 Å². The van der Waals surface area contributed by atoms with Gasteiger partial charge in [-0.25, -0.2) is 4.39 Å². The number of piperidine rings is 1. The second-order valence-corrected chi connectivity index (χ2v) is 10.2. The molecule has 0 spiro atoms. The highest BCUT2D eigenvalue weighted by atomic mass is 32.2. The average molecular weight is 506 g/mol. The summed E-state index contributed by atoms with van der Waals surface area (Å²) in [6.07, 6.45) is 2.49. The number of ketones is 1. The number of carbonyl (C=O) groups is 2. The molecule has 0 atom stereocenters. The molecular formula is C30H32FNO3S. The minimum atomic E-state index is -0.686. The molecule has 0 N–H and O–H groups in total. The Kier molecular flexibility index (Phi) is 8.94. The van der Waals surface area contributed by atoms with Crippen LogP contribution in [0.4, 0.5) is 4.39 Å². The van der Waals surface area contributed by atoms with Crippen molar-refractivity contribution in [2.75, 3.05) is 26.2 Å². The number of hydrogen-bond donors (Lipinski definition) is 0. The van der Waals surface area contributed by atoms with E-state index in [0.717, 1.165) is 41.4 Å². The molecule has 1 fully saturated rings. The third-order valence-corrected chi connectivity index (χ3v) is 7.88. The Morgan fingerprint density at radius 3 is 2.31 bits per heavy atom. The lowest BCUT2D eigenvalue weighted by atomic mass is 9.72. The highest BCUT2D eigenvalue weighted by molar-refractivity contribution is 7.99. The van der Waals surface area contributed by atoms with Crippen LogP contribution in [0.1, 0.15) is 48.5 Å². The third kappa shape index (κ3) is 6.23. The minimum absolute atomic E-state index is 0.0275. The lowest BCUT2D eigenvalue weighted by molar-refractivity contribution is -0.152. The Bertz CT molecular complexity index is 1160. The van der Waals surface area contributed by atoms with E-state index >= 15 is 0 Å². The normalized spacial score (nSPS) is 15.4. The van der Waals surface area contributed by atoms with E-state index in [0.29, 0.717) is 31.4 Å². The average Bonchev–Trinajstić information content (AvgIpc) is 2.90. The summed E-state index contributed by atoms with van der Waals surface area (Å²) in [5.74, 6) is -0.467. The Balaban J connectivity index is 1.43. The fourth-order valence-corrected chi connectivity index (χ4v) is 5.89. The van der Waals surface area contributed by atoms with E-state index in [1.54, 1.807) is 11.8 Å². The minimum Gasteiger partial charge on any atom is -0.465 e. The molecule has 0 unspecified atom stereocenters. The Labute approximate surface area is 216 Å². The summed E-state index contributed by atoms with van der Waals surface area (Å²) in [7, 11) is 0. The summed E-state index contributed by atoms with van der Waals surface area (Å²) >= 11 is 1.68. The molecule has 1 heterocycles. The maximum absolute atomic E-state index is 13.4. The molecule has 4 nitrogen and oxygen atoms in total. The summed E-state index contributed by atoms with van der Waals surface area (Å²) < 4.78 is 18.7. The Morgan fingerprint density at radius 2 is 1.61 bits per heavy atom. The predicted molar refractivity (Wildman–Crippen MR) is 141 cm³/mol. The molecule has 0 aliphatic carbocycles. The molecule has 3 aromatic rings. The first kappa shape index (κ1) is 26.1. The number of benzene rings is 3. The van der Waals surface area contributed by atoms with E-state index in [9.17, 15) is 14.0 Å². The number of nitrogens with zero attached hydrogens (tertiary/aromatic N) is 1. The van der Waals surface area contributed by atoms with Crippen molar-refractivity contribution in [3.63, 3.8) is 0 Å². The van der Waals surface area contributed by atoms with Crippen molar-refractivity contribution in [1.29, 1.82) is 0 Å². The highest BCUT2D eigenvalue weighted by Crippen LogP contribution is 2.43. The van der Waals surface area contributed by atoms with Crippen molar-refractivity contribution < 1.29 is 18.7 Å². The van der Waals surface area contributed by atoms with Crippen LogP contribution in [0.15, 0.2) is 88.7 Å². The lowest BCUT2D eigenvalue weighted by Gasteiger charge is -2.41. The largest absolute Gasteiger partial charge is 0.465 e. The summed E-state index contributed by atoms with van der Waals surface area (Å²) in [6.45, 7) is 4.50. The number of halogens is 1. The van der Waals surface area contributed by atoms with Crippen LogP contribution < -0.4 is 0 Å². The van der Waals surface area contributed by atoms with Crippen molar-refractivity contribution in [3.05, 3.63) is 95.8 Å². The van der Waals surface area contributed by atoms with Crippen LogP contribution in [0.5, 0.6) is 0 Å². The number of carbonyl (C=O) groups excluding carboxylic acids is 2. The van der Waals surface area contributed by atoms with Crippen molar-refractivity contribution in [2.45, 2.75) is 47.8 Å². The maximum atomic E-state index is 13.4. The number of ether oxygens (including phenoxy) is 1. The monoisotopic (exact) mass is 505 g/mol. The van der Waals surface area contributed by atoms with Gasteiger partial charge in [0.25, 0.3) is 0 Å². The zero-order chi connectivity index (χ0) is 25.4. The molecule has 1 aliphatic rings. The van der Waals surface area contributed by atoms with Gasteiger partial charge in [-0.15, -0.1) is 0 Å². The third-order valence-electron chi connectivity index (χ3n) is 6.79. The number of hydrogen-bond acceptors (Lipinski definition) is 5. The number of rotatable bonds is 10. The van der Waals surface area contributed by atoms with Crippen molar-refractivity contribution >= 4 is 23.5 Å². The molecule has 0 amide bonds. The summed E-state index contributed by atoms with van der Waals surface area (Å²) in [4.78, 5) is 30.4. The maximum Gasteiger partial charge on any atom is 0.316 e. The first-order valence-electron chi connectivity index (χ1n) is 12.5. The fourth-order valence-electron chi connectivity index (χ4n) is 4.82. The van der Waals surface area contributed by atoms with E-state index in [4.69, 9.17) is 4.74 Å². The molecule has 0 saturated carbocycles. The fraction of sp³-hybridized carbons (Fsp3) is 0.333. The topological polar surface area (TPSA) is 46.6 Å². The molecule has 4 rings (SSSR count). The van der Waals surface area contributed by atoms with Crippen LogP contribution in [0.2, 0.25) is 0 Å². The van der Waals surface area contributed by atoms with Gasteiger partial charge in [0.1, 0.15) is 5.82 Å². The number of Topliss-reactive ketones (excluding diaryl/α,β-unsaturated/α-hetero) is 1. The molecule has 0 radical (unpaired) electrons. The van der Waals surface area contributed by atoms with E-state index < -0.39 is 5.41 Å². The first-order valence-corrected chi connectivity index (χ1v) is 13.3. The van der Waals surface area contributed by atoms with E-state index in [1.165, 1.54) is 24.3 Å². The smallest absolute Gasteiger partial charge is 0.316 e. The van der Waals surface area contributed by atoms with E-state index in [1.807, 2.05) is 37.3 Å². The zero-order valence-corrected chi connectivity index (χ0v) is 21.4. The molecule has 3 aromatic carbocycles. The Morgan fingerprint density at radius 1 is 0.944 bits per heavy atom. The molecule has 188 valence electrons. The summed E-state index contributed by atoms with van der Waals surface area (Å²) in [5.41, 5.74) is 0.891. The zero-order valence-electron chi connectivity index (χ0n) is 20.6. The number of esters is 1. The van der Waals surface area contributed by atoms with Crippen LogP contribution in [-0.2, 0) is 14.9 Å². The first-order chi connectivity index (χ1) is 17.5.